The van der Waals surface area contributed by atoms with E-state index in [1.165, 1.54) is 18.5 Å². The third kappa shape index (κ3) is 2.05. The molecule has 0 bridgehead atoms. The summed E-state index contributed by atoms with van der Waals surface area (Å²) in [5.74, 6) is 0.115. The van der Waals surface area contributed by atoms with Crippen LogP contribution in [0.25, 0.3) is 11.1 Å². The van der Waals surface area contributed by atoms with Crippen LogP contribution >= 0.6 is 0 Å². The summed E-state index contributed by atoms with van der Waals surface area (Å²) in [7, 11) is -3.53. The zero-order valence-corrected chi connectivity index (χ0v) is 13.4. The zero-order chi connectivity index (χ0) is 16.9. The van der Waals surface area contributed by atoms with Gasteiger partial charge in [0.05, 0.1) is 9.79 Å². The van der Waals surface area contributed by atoms with Gasteiger partial charge in [-0.2, -0.15) is 0 Å². The number of benzene rings is 2. The Morgan fingerprint density at radius 2 is 1.71 bits per heavy atom. The largest absolute Gasteiger partial charge is 0.285 e. The van der Waals surface area contributed by atoms with Crippen molar-refractivity contribution in [1.82, 2.24) is 15.0 Å². The number of fused-ring (bicyclic) bond motifs is 3. The highest BCUT2D eigenvalue weighted by Crippen LogP contribution is 2.43. The Labute approximate surface area is 138 Å². The second kappa shape index (κ2) is 5.04. The SMILES string of the molecule is Cc1ncnc(C(=O)c2ccc3c(c2)-c2ccccc2S3(=O)=O)n1. The molecule has 2 heterocycles. The van der Waals surface area contributed by atoms with Crippen LogP contribution in [0, 0.1) is 6.92 Å². The van der Waals surface area contributed by atoms with E-state index in [1.807, 2.05) is 0 Å². The molecular weight excluding hydrogens is 326 g/mol. The van der Waals surface area contributed by atoms with Crippen LogP contribution in [0.3, 0.4) is 0 Å². The first-order valence-corrected chi connectivity index (χ1v) is 8.66. The number of carbonyl (C=O) groups excluding carboxylic acids is 1. The lowest BCUT2D eigenvalue weighted by Gasteiger charge is -2.04. The van der Waals surface area contributed by atoms with Gasteiger partial charge in [-0.1, -0.05) is 18.2 Å². The molecule has 1 aliphatic rings. The first kappa shape index (κ1) is 14.6. The van der Waals surface area contributed by atoms with Gasteiger partial charge in [-0.3, -0.25) is 4.79 Å². The number of rotatable bonds is 2. The van der Waals surface area contributed by atoms with Gasteiger partial charge in [-0.05, 0) is 31.2 Å². The van der Waals surface area contributed by atoms with Crippen molar-refractivity contribution in [3.63, 3.8) is 0 Å². The van der Waals surface area contributed by atoms with Crippen molar-refractivity contribution in [1.29, 1.82) is 0 Å². The molecule has 7 heteroatoms. The molecule has 0 N–H and O–H groups in total. The predicted molar refractivity (Wildman–Crippen MR) is 85.3 cm³/mol. The number of hydrogen-bond acceptors (Lipinski definition) is 6. The lowest BCUT2D eigenvalue weighted by molar-refractivity contribution is 0.102. The Bertz CT molecular complexity index is 1110. The molecular formula is C17H11N3O3S. The molecule has 3 aromatic rings. The van der Waals surface area contributed by atoms with Gasteiger partial charge < -0.3 is 0 Å². The fourth-order valence-electron chi connectivity index (χ4n) is 2.77. The Balaban J connectivity index is 1.88. The molecule has 6 nitrogen and oxygen atoms in total. The highest BCUT2D eigenvalue weighted by molar-refractivity contribution is 7.92. The molecule has 0 atom stereocenters. The minimum atomic E-state index is -3.53. The maximum Gasteiger partial charge on any atom is 0.230 e. The maximum absolute atomic E-state index is 12.6. The molecule has 0 spiro atoms. The molecule has 24 heavy (non-hydrogen) atoms. The molecule has 0 radical (unpaired) electrons. The summed E-state index contributed by atoms with van der Waals surface area (Å²) in [6, 6.07) is 11.3. The van der Waals surface area contributed by atoms with E-state index in [4.69, 9.17) is 0 Å². The van der Waals surface area contributed by atoms with Gasteiger partial charge in [-0.15, -0.1) is 0 Å². The quantitative estimate of drug-likeness (QED) is 0.521. The summed E-state index contributed by atoms with van der Waals surface area (Å²) in [6.45, 7) is 1.67. The van der Waals surface area contributed by atoms with Gasteiger partial charge in [0.15, 0.2) is 0 Å². The number of nitrogens with zero attached hydrogens (tertiary/aromatic N) is 3. The summed E-state index contributed by atoms with van der Waals surface area (Å²) in [5, 5.41) is 0. The normalized spacial score (nSPS) is 14.0. The summed E-state index contributed by atoms with van der Waals surface area (Å²) in [6.07, 6.45) is 1.28. The van der Waals surface area contributed by atoms with Gasteiger partial charge in [0.25, 0.3) is 0 Å². The van der Waals surface area contributed by atoms with Gasteiger partial charge >= 0.3 is 0 Å². The van der Waals surface area contributed by atoms with Crippen LogP contribution in [-0.2, 0) is 9.84 Å². The van der Waals surface area contributed by atoms with Crippen LogP contribution in [-0.4, -0.2) is 29.2 Å². The predicted octanol–water partition coefficient (Wildman–Crippen LogP) is 2.22. The van der Waals surface area contributed by atoms with Gasteiger partial charge in [-0.25, -0.2) is 23.4 Å². The number of ketones is 1. The number of aromatic nitrogens is 3. The smallest absolute Gasteiger partial charge is 0.230 e. The van der Waals surface area contributed by atoms with Crippen LogP contribution < -0.4 is 0 Å². The minimum Gasteiger partial charge on any atom is -0.285 e. The molecule has 1 aliphatic heterocycles. The third-order valence-electron chi connectivity index (χ3n) is 3.89. The number of hydrogen-bond donors (Lipinski definition) is 0. The Morgan fingerprint density at radius 3 is 2.50 bits per heavy atom. The summed E-state index contributed by atoms with van der Waals surface area (Å²) in [4.78, 5) is 24.8. The van der Waals surface area contributed by atoms with Crippen molar-refractivity contribution < 1.29 is 13.2 Å². The first-order valence-electron chi connectivity index (χ1n) is 7.17. The van der Waals surface area contributed by atoms with Crippen molar-refractivity contribution >= 4 is 15.6 Å². The molecule has 2 aromatic carbocycles. The van der Waals surface area contributed by atoms with Crippen LogP contribution in [0.4, 0.5) is 0 Å². The van der Waals surface area contributed by atoms with E-state index < -0.39 is 9.84 Å². The average molecular weight is 337 g/mol. The van der Waals surface area contributed by atoms with Crippen LogP contribution in [0.1, 0.15) is 22.0 Å². The van der Waals surface area contributed by atoms with E-state index in [9.17, 15) is 13.2 Å². The fourth-order valence-corrected chi connectivity index (χ4v) is 4.44. The van der Waals surface area contributed by atoms with E-state index in [0.29, 0.717) is 22.5 Å². The molecule has 1 aromatic heterocycles. The minimum absolute atomic E-state index is 0.0385. The van der Waals surface area contributed by atoms with Crippen LogP contribution in [0.5, 0.6) is 0 Å². The third-order valence-corrected chi connectivity index (χ3v) is 5.76. The molecule has 4 rings (SSSR count). The lowest BCUT2D eigenvalue weighted by Crippen LogP contribution is -2.09. The number of carbonyl (C=O) groups is 1. The Hall–Kier alpha value is -2.93. The standard InChI is InChI=1S/C17H11N3O3S/c1-10-18-9-19-17(20-10)16(21)11-6-7-15-13(8-11)12-4-2-3-5-14(12)24(15,22)23/h2-9H,1H3. The molecule has 0 fully saturated rings. The second-order valence-electron chi connectivity index (χ2n) is 5.40. The highest BCUT2D eigenvalue weighted by atomic mass is 32.2. The second-order valence-corrected chi connectivity index (χ2v) is 7.28. The monoisotopic (exact) mass is 337 g/mol. The first-order chi connectivity index (χ1) is 11.5. The molecule has 0 saturated heterocycles. The van der Waals surface area contributed by atoms with Gasteiger partial charge in [0, 0.05) is 16.7 Å². The van der Waals surface area contributed by atoms with E-state index in [1.54, 1.807) is 37.3 Å². The Morgan fingerprint density at radius 1 is 0.958 bits per heavy atom. The summed E-state index contributed by atoms with van der Waals surface area (Å²) in [5.41, 5.74) is 1.47. The summed E-state index contributed by atoms with van der Waals surface area (Å²) >= 11 is 0. The highest BCUT2D eigenvalue weighted by Gasteiger charge is 2.33. The van der Waals surface area contributed by atoms with E-state index in [-0.39, 0.29) is 21.4 Å². The maximum atomic E-state index is 12.6. The number of sulfone groups is 1. The fraction of sp³-hybridized carbons (Fsp3) is 0.0588. The van der Waals surface area contributed by atoms with Crippen molar-refractivity contribution in [2.45, 2.75) is 16.7 Å². The van der Waals surface area contributed by atoms with E-state index >= 15 is 0 Å². The molecule has 0 amide bonds. The van der Waals surface area contributed by atoms with E-state index in [0.717, 1.165) is 0 Å². The Kier molecular flexibility index (Phi) is 3.07. The van der Waals surface area contributed by atoms with Crippen molar-refractivity contribution in [3.8, 4) is 11.1 Å². The van der Waals surface area contributed by atoms with Crippen LogP contribution in [0.2, 0.25) is 0 Å². The van der Waals surface area contributed by atoms with Crippen molar-refractivity contribution in [2.24, 2.45) is 0 Å². The average Bonchev–Trinajstić information content (AvgIpc) is 2.82. The zero-order valence-electron chi connectivity index (χ0n) is 12.6. The topological polar surface area (TPSA) is 89.9 Å². The molecule has 0 saturated carbocycles. The van der Waals surface area contributed by atoms with Gasteiger partial charge in [0.1, 0.15) is 12.2 Å². The molecule has 118 valence electrons. The number of aryl methyl sites for hydroxylation is 1. The van der Waals surface area contributed by atoms with E-state index in [2.05, 4.69) is 15.0 Å². The summed E-state index contributed by atoms with van der Waals surface area (Å²) < 4.78 is 25.1. The lowest BCUT2D eigenvalue weighted by atomic mass is 10.0. The molecule has 0 aliphatic carbocycles. The van der Waals surface area contributed by atoms with Crippen LogP contribution in [0.15, 0.2) is 58.6 Å². The molecule has 0 unspecified atom stereocenters. The van der Waals surface area contributed by atoms with Crippen molar-refractivity contribution in [2.75, 3.05) is 0 Å². The van der Waals surface area contributed by atoms with Gasteiger partial charge in [0.2, 0.25) is 21.4 Å². The van der Waals surface area contributed by atoms with Crippen molar-refractivity contribution in [3.05, 3.63) is 66.0 Å².